The standard InChI is InChI=1S/C14H19N5/c1-7(2)13-11-10(18-19(13)8(3)4)5-9-6-16-14(15)17-12(9)11/h6-8H,5H2,1-4H3,(H2,15,16,17). The number of fused-ring (bicyclic) bond motifs is 3. The smallest absolute Gasteiger partial charge is 0.220 e. The maximum absolute atomic E-state index is 5.73. The number of nitrogens with two attached hydrogens (primary N) is 1. The summed E-state index contributed by atoms with van der Waals surface area (Å²) in [7, 11) is 0. The normalized spacial score (nSPS) is 13.2. The van der Waals surface area contributed by atoms with Gasteiger partial charge in [-0.3, -0.25) is 4.68 Å². The number of rotatable bonds is 2. The van der Waals surface area contributed by atoms with Crippen molar-refractivity contribution in [3.05, 3.63) is 23.1 Å². The second kappa shape index (κ2) is 4.05. The molecule has 0 fully saturated rings. The molecule has 3 rings (SSSR count). The lowest BCUT2D eigenvalue weighted by Crippen LogP contribution is -2.10. The molecule has 19 heavy (non-hydrogen) atoms. The van der Waals surface area contributed by atoms with Gasteiger partial charge < -0.3 is 5.73 Å². The summed E-state index contributed by atoms with van der Waals surface area (Å²) in [6, 6.07) is 0.352. The highest BCUT2D eigenvalue weighted by Gasteiger charge is 2.30. The highest BCUT2D eigenvalue weighted by molar-refractivity contribution is 5.75. The summed E-state index contributed by atoms with van der Waals surface area (Å²) in [5.74, 6) is 0.736. The maximum Gasteiger partial charge on any atom is 0.220 e. The lowest BCUT2D eigenvalue weighted by atomic mass is 10.0. The molecule has 100 valence electrons. The van der Waals surface area contributed by atoms with Crippen LogP contribution in [0, 0.1) is 0 Å². The Morgan fingerprint density at radius 3 is 2.63 bits per heavy atom. The summed E-state index contributed by atoms with van der Waals surface area (Å²) in [4.78, 5) is 8.50. The Labute approximate surface area is 112 Å². The summed E-state index contributed by atoms with van der Waals surface area (Å²) in [6.45, 7) is 8.70. The van der Waals surface area contributed by atoms with Gasteiger partial charge in [0.25, 0.3) is 0 Å². The van der Waals surface area contributed by atoms with Crippen molar-refractivity contribution in [3.8, 4) is 11.3 Å². The van der Waals surface area contributed by atoms with Crippen molar-refractivity contribution in [1.82, 2.24) is 19.7 Å². The van der Waals surface area contributed by atoms with Crippen molar-refractivity contribution >= 4 is 5.95 Å². The summed E-state index contributed by atoms with van der Waals surface area (Å²) >= 11 is 0. The predicted molar refractivity (Wildman–Crippen MR) is 74.9 cm³/mol. The van der Waals surface area contributed by atoms with E-state index in [2.05, 4.69) is 42.3 Å². The van der Waals surface area contributed by atoms with Crippen molar-refractivity contribution in [1.29, 1.82) is 0 Å². The zero-order valence-corrected chi connectivity index (χ0v) is 11.8. The Kier molecular flexibility index (Phi) is 2.59. The molecule has 0 radical (unpaired) electrons. The first kappa shape index (κ1) is 12.1. The van der Waals surface area contributed by atoms with E-state index in [1.807, 2.05) is 6.20 Å². The highest BCUT2D eigenvalue weighted by Crippen LogP contribution is 2.40. The zero-order valence-electron chi connectivity index (χ0n) is 11.8. The molecule has 5 nitrogen and oxygen atoms in total. The minimum atomic E-state index is 0.332. The van der Waals surface area contributed by atoms with Gasteiger partial charge in [0.15, 0.2) is 0 Å². The Morgan fingerprint density at radius 2 is 2.00 bits per heavy atom. The monoisotopic (exact) mass is 257 g/mol. The van der Waals surface area contributed by atoms with Crippen molar-refractivity contribution in [2.75, 3.05) is 5.73 Å². The number of aromatic nitrogens is 4. The van der Waals surface area contributed by atoms with Gasteiger partial charge >= 0.3 is 0 Å². The molecule has 2 N–H and O–H groups in total. The van der Waals surface area contributed by atoms with Crippen LogP contribution in [0.4, 0.5) is 5.95 Å². The lowest BCUT2D eigenvalue weighted by Gasteiger charge is -2.15. The van der Waals surface area contributed by atoms with Crippen molar-refractivity contribution < 1.29 is 0 Å². The Hall–Kier alpha value is -1.91. The fourth-order valence-electron chi connectivity index (χ4n) is 2.77. The number of anilines is 1. The molecular formula is C14H19N5. The van der Waals surface area contributed by atoms with Gasteiger partial charge in [-0.15, -0.1) is 0 Å². The zero-order chi connectivity index (χ0) is 13.7. The van der Waals surface area contributed by atoms with E-state index >= 15 is 0 Å². The molecule has 5 heteroatoms. The first-order valence-electron chi connectivity index (χ1n) is 6.72. The molecule has 1 aliphatic carbocycles. The van der Waals surface area contributed by atoms with Crippen LogP contribution in [0.3, 0.4) is 0 Å². The SMILES string of the molecule is CC(C)c1c2c(nn1C(C)C)Cc1cnc(N)nc1-2. The van der Waals surface area contributed by atoms with Crippen molar-refractivity contribution in [3.63, 3.8) is 0 Å². The van der Waals surface area contributed by atoms with Crippen molar-refractivity contribution in [2.45, 2.75) is 46.1 Å². The van der Waals surface area contributed by atoms with Crippen LogP contribution in [0.15, 0.2) is 6.20 Å². The van der Waals surface area contributed by atoms with Gasteiger partial charge in [0.2, 0.25) is 5.95 Å². The van der Waals surface area contributed by atoms with Crippen LogP contribution in [0.1, 0.15) is 56.6 Å². The third kappa shape index (κ3) is 1.72. The molecule has 0 amide bonds. The highest BCUT2D eigenvalue weighted by atomic mass is 15.3. The third-order valence-corrected chi connectivity index (χ3v) is 3.53. The molecule has 2 aromatic heterocycles. The number of hydrogen-bond acceptors (Lipinski definition) is 4. The van der Waals surface area contributed by atoms with E-state index in [1.165, 1.54) is 11.3 Å². The molecule has 2 aromatic rings. The molecule has 0 spiro atoms. The van der Waals surface area contributed by atoms with E-state index in [1.54, 1.807) is 0 Å². The summed E-state index contributed by atoms with van der Waals surface area (Å²) in [5.41, 5.74) is 11.4. The van der Waals surface area contributed by atoms with E-state index in [4.69, 9.17) is 10.8 Å². The average Bonchev–Trinajstić information content (AvgIpc) is 2.84. The maximum atomic E-state index is 5.73. The van der Waals surface area contributed by atoms with E-state index in [0.717, 1.165) is 23.4 Å². The molecule has 0 bridgehead atoms. The van der Waals surface area contributed by atoms with Gasteiger partial charge in [-0.25, -0.2) is 9.97 Å². The number of hydrogen-bond donors (Lipinski definition) is 1. The van der Waals surface area contributed by atoms with E-state index in [-0.39, 0.29) is 0 Å². The van der Waals surface area contributed by atoms with Gasteiger partial charge in [0.05, 0.1) is 17.1 Å². The quantitative estimate of drug-likeness (QED) is 0.766. The van der Waals surface area contributed by atoms with E-state index < -0.39 is 0 Å². The summed E-state index contributed by atoms with van der Waals surface area (Å²) < 4.78 is 2.12. The molecule has 0 saturated heterocycles. The molecule has 0 aromatic carbocycles. The van der Waals surface area contributed by atoms with Crippen LogP contribution < -0.4 is 5.73 Å². The molecule has 0 saturated carbocycles. The third-order valence-electron chi connectivity index (χ3n) is 3.53. The first-order valence-corrected chi connectivity index (χ1v) is 6.72. The van der Waals surface area contributed by atoms with Gasteiger partial charge in [0, 0.05) is 29.8 Å². The first-order chi connectivity index (χ1) is 8.99. The van der Waals surface area contributed by atoms with Crippen molar-refractivity contribution in [2.24, 2.45) is 0 Å². The van der Waals surface area contributed by atoms with E-state index in [0.29, 0.717) is 17.9 Å². The Morgan fingerprint density at radius 1 is 1.26 bits per heavy atom. The van der Waals surface area contributed by atoms with Gasteiger partial charge in [-0.05, 0) is 19.8 Å². The van der Waals surface area contributed by atoms with Crippen LogP contribution in [0.25, 0.3) is 11.3 Å². The average molecular weight is 257 g/mol. The molecule has 0 unspecified atom stereocenters. The lowest BCUT2D eigenvalue weighted by molar-refractivity contribution is 0.494. The molecule has 0 atom stereocenters. The molecule has 0 aliphatic heterocycles. The van der Waals surface area contributed by atoms with Crippen LogP contribution in [-0.4, -0.2) is 19.7 Å². The second-order valence-corrected chi connectivity index (χ2v) is 5.68. The predicted octanol–water partition coefficient (Wildman–Crippen LogP) is 2.53. The summed E-state index contributed by atoms with van der Waals surface area (Å²) in [5, 5.41) is 4.76. The molecule has 1 aliphatic rings. The number of nitrogen functional groups attached to an aromatic ring is 1. The number of nitrogens with zero attached hydrogens (tertiary/aromatic N) is 4. The van der Waals surface area contributed by atoms with Crippen LogP contribution in [0.2, 0.25) is 0 Å². The fraction of sp³-hybridized carbons (Fsp3) is 0.500. The summed E-state index contributed by atoms with van der Waals surface area (Å²) in [6.07, 6.45) is 2.63. The second-order valence-electron chi connectivity index (χ2n) is 5.68. The Balaban J connectivity index is 2.27. The molecule has 2 heterocycles. The Bertz CT molecular complexity index is 640. The molecular weight excluding hydrogens is 238 g/mol. The van der Waals surface area contributed by atoms with Crippen LogP contribution in [0.5, 0.6) is 0 Å². The van der Waals surface area contributed by atoms with Gasteiger partial charge in [0.1, 0.15) is 0 Å². The minimum Gasteiger partial charge on any atom is -0.368 e. The van der Waals surface area contributed by atoms with E-state index in [9.17, 15) is 0 Å². The van der Waals surface area contributed by atoms with Crippen LogP contribution in [-0.2, 0) is 6.42 Å². The topological polar surface area (TPSA) is 69.6 Å². The van der Waals surface area contributed by atoms with Gasteiger partial charge in [-0.2, -0.15) is 5.10 Å². The van der Waals surface area contributed by atoms with Crippen LogP contribution >= 0.6 is 0 Å². The van der Waals surface area contributed by atoms with Gasteiger partial charge in [-0.1, -0.05) is 13.8 Å². The fourth-order valence-corrected chi connectivity index (χ4v) is 2.77. The largest absolute Gasteiger partial charge is 0.368 e. The minimum absolute atomic E-state index is 0.332.